The zero-order valence-electron chi connectivity index (χ0n) is 20.9. The lowest BCUT2D eigenvalue weighted by atomic mass is 9.94. The molecule has 0 radical (unpaired) electrons. The number of carbonyl (C=O) groups excluding carboxylic acids is 2. The molecule has 1 fully saturated rings. The molecular formula is C29H24N2O6S. The van der Waals surface area contributed by atoms with Gasteiger partial charge >= 0.3 is 5.91 Å². The highest BCUT2D eigenvalue weighted by atomic mass is 32.1. The van der Waals surface area contributed by atoms with Crippen LogP contribution in [0.15, 0.2) is 66.2 Å². The molecule has 6 rings (SSSR count). The number of benzene rings is 3. The molecule has 4 aromatic rings. The van der Waals surface area contributed by atoms with Crippen LogP contribution in [0.2, 0.25) is 0 Å². The molecule has 1 N–H and O–H groups in total. The lowest BCUT2D eigenvalue weighted by Gasteiger charge is -2.23. The fourth-order valence-corrected chi connectivity index (χ4v) is 6.00. The molecule has 1 amide bonds. The van der Waals surface area contributed by atoms with E-state index in [4.69, 9.17) is 14.2 Å². The Morgan fingerprint density at radius 1 is 1.03 bits per heavy atom. The van der Waals surface area contributed by atoms with Crippen LogP contribution in [0.25, 0.3) is 16.0 Å². The molecule has 9 heteroatoms. The Bertz CT molecular complexity index is 1620. The molecule has 38 heavy (non-hydrogen) atoms. The minimum Gasteiger partial charge on any atom is -0.507 e. The third-order valence-electron chi connectivity index (χ3n) is 6.84. The molecule has 0 spiro atoms. The van der Waals surface area contributed by atoms with Crippen LogP contribution in [0.4, 0.5) is 5.13 Å². The van der Waals surface area contributed by atoms with Crippen LogP contribution in [0.3, 0.4) is 0 Å². The number of fused-ring (bicyclic) bond motifs is 2. The maximum atomic E-state index is 13.5. The lowest BCUT2D eigenvalue weighted by molar-refractivity contribution is -0.132. The van der Waals surface area contributed by atoms with E-state index in [0.29, 0.717) is 39.7 Å². The van der Waals surface area contributed by atoms with Crippen LogP contribution >= 0.6 is 11.3 Å². The summed E-state index contributed by atoms with van der Waals surface area (Å²) in [6.45, 7) is 1.97. The first kappa shape index (κ1) is 24.0. The smallest absolute Gasteiger partial charge is 0.301 e. The molecular weight excluding hydrogens is 504 g/mol. The van der Waals surface area contributed by atoms with Crippen molar-refractivity contribution in [3.63, 3.8) is 0 Å². The summed E-state index contributed by atoms with van der Waals surface area (Å²) in [6, 6.07) is 16.9. The molecule has 192 valence electrons. The Kier molecular flexibility index (Phi) is 5.80. The normalized spacial score (nSPS) is 20.0. The number of amides is 1. The largest absolute Gasteiger partial charge is 0.507 e. The second-order valence-electron chi connectivity index (χ2n) is 9.23. The van der Waals surface area contributed by atoms with Crippen molar-refractivity contribution in [2.45, 2.75) is 25.5 Å². The predicted molar refractivity (Wildman–Crippen MR) is 144 cm³/mol. The van der Waals surface area contributed by atoms with Crippen molar-refractivity contribution in [2.24, 2.45) is 0 Å². The van der Waals surface area contributed by atoms with Gasteiger partial charge in [-0.15, -0.1) is 0 Å². The molecule has 3 aromatic carbocycles. The number of ketones is 1. The van der Waals surface area contributed by atoms with Crippen LogP contribution in [-0.2, 0) is 16.0 Å². The van der Waals surface area contributed by atoms with Crippen LogP contribution in [-0.4, -0.2) is 42.1 Å². The molecule has 2 aliphatic heterocycles. The highest BCUT2D eigenvalue weighted by molar-refractivity contribution is 7.22. The Balaban J connectivity index is 1.52. The first-order valence-corrected chi connectivity index (χ1v) is 12.9. The van der Waals surface area contributed by atoms with Crippen molar-refractivity contribution in [3.8, 4) is 17.2 Å². The number of thiazole rings is 1. The van der Waals surface area contributed by atoms with E-state index in [0.717, 1.165) is 16.0 Å². The van der Waals surface area contributed by atoms with E-state index in [-0.39, 0.29) is 17.4 Å². The number of nitrogens with zero attached hydrogens (tertiary/aromatic N) is 2. The minimum absolute atomic E-state index is 0.00363. The number of aromatic nitrogens is 1. The van der Waals surface area contributed by atoms with Crippen LogP contribution in [0.5, 0.6) is 17.2 Å². The quantitative estimate of drug-likeness (QED) is 0.214. The fraction of sp³-hybridized carbons (Fsp3) is 0.207. The van der Waals surface area contributed by atoms with Crippen LogP contribution in [0, 0.1) is 0 Å². The van der Waals surface area contributed by atoms with Crippen molar-refractivity contribution in [2.75, 3.05) is 19.1 Å². The zero-order chi connectivity index (χ0) is 26.6. The van der Waals surface area contributed by atoms with Crippen molar-refractivity contribution in [1.29, 1.82) is 0 Å². The fourth-order valence-electron chi connectivity index (χ4n) is 4.98. The van der Waals surface area contributed by atoms with E-state index >= 15 is 0 Å². The first-order valence-electron chi connectivity index (χ1n) is 12.1. The summed E-state index contributed by atoms with van der Waals surface area (Å²) in [5.41, 5.74) is 2.71. The van der Waals surface area contributed by atoms with Gasteiger partial charge in [0.05, 0.1) is 36.1 Å². The maximum Gasteiger partial charge on any atom is 0.301 e. The molecule has 0 bridgehead atoms. The number of aliphatic hydroxyl groups is 1. The molecule has 1 saturated heterocycles. The van der Waals surface area contributed by atoms with E-state index in [9.17, 15) is 14.7 Å². The number of ether oxygens (including phenoxy) is 3. The van der Waals surface area contributed by atoms with Crippen LogP contribution < -0.4 is 19.1 Å². The van der Waals surface area contributed by atoms with Gasteiger partial charge in [0, 0.05) is 12.0 Å². The first-order chi connectivity index (χ1) is 18.4. The number of carbonyl (C=O) groups is 2. The Hall–Kier alpha value is -4.37. The molecule has 1 aromatic heterocycles. The number of methoxy groups -OCH3 is 2. The number of anilines is 1. The van der Waals surface area contributed by atoms with Gasteiger partial charge in [-0.05, 0) is 66.6 Å². The Morgan fingerprint density at radius 2 is 1.76 bits per heavy atom. The molecule has 0 aliphatic carbocycles. The monoisotopic (exact) mass is 528 g/mol. The lowest BCUT2D eigenvalue weighted by Crippen LogP contribution is -2.29. The van der Waals surface area contributed by atoms with Gasteiger partial charge in [0.25, 0.3) is 5.78 Å². The maximum absolute atomic E-state index is 13.5. The standard InChI is InChI=1S/C29H24N2O6S/c1-15-12-18-13-17(6-11-22(18)37-15)26(32)24-25(16-4-7-19(35-2)8-5-16)31(28(34)27(24)33)29-30-21-10-9-20(36-3)14-23(21)38-29/h4-11,13-15,25,32H,12H2,1-3H3. The van der Waals surface area contributed by atoms with E-state index < -0.39 is 17.7 Å². The predicted octanol–water partition coefficient (Wildman–Crippen LogP) is 5.26. The number of aliphatic hydroxyl groups excluding tert-OH is 1. The van der Waals surface area contributed by atoms with Gasteiger partial charge in [-0.25, -0.2) is 4.98 Å². The highest BCUT2D eigenvalue weighted by Gasteiger charge is 2.48. The van der Waals surface area contributed by atoms with Gasteiger partial charge in [0.2, 0.25) is 0 Å². The summed E-state index contributed by atoms with van der Waals surface area (Å²) in [4.78, 5) is 33.1. The number of hydrogen-bond acceptors (Lipinski definition) is 8. The molecule has 8 nitrogen and oxygen atoms in total. The highest BCUT2D eigenvalue weighted by Crippen LogP contribution is 2.45. The summed E-state index contributed by atoms with van der Waals surface area (Å²) in [5, 5.41) is 11.8. The molecule has 3 heterocycles. The summed E-state index contributed by atoms with van der Waals surface area (Å²) in [5.74, 6) is 0.284. The van der Waals surface area contributed by atoms with E-state index in [1.807, 2.05) is 19.1 Å². The van der Waals surface area contributed by atoms with E-state index in [2.05, 4.69) is 4.98 Å². The van der Waals surface area contributed by atoms with Gasteiger partial charge in [-0.1, -0.05) is 23.5 Å². The van der Waals surface area contributed by atoms with Gasteiger partial charge in [-0.2, -0.15) is 0 Å². The van der Waals surface area contributed by atoms with Crippen LogP contribution in [0.1, 0.15) is 29.7 Å². The Morgan fingerprint density at radius 3 is 2.50 bits per heavy atom. The number of hydrogen-bond donors (Lipinski definition) is 1. The van der Waals surface area contributed by atoms with Gasteiger partial charge < -0.3 is 19.3 Å². The SMILES string of the molecule is COc1ccc(C2C(=C(O)c3ccc4c(c3)CC(C)O4)C(=O)C(=O)N2c2nc3ccc(OC)cc3s2)cc1. The van der Waals surface area contributed by atoms with E-state index in [1.165, 1.54) is 16.2 Å². The third kappa shape index (κ3) is 3.86. The molecule has 0 saturated carbocycles. The van der Waals surface area contributed by atoms with Crippen molar-refractivity contribution in [1.82, 2.24) is 4.98 Å². The molecule has 2 unspecified atom stereocenters. The van der Waals surface area contributed by atoms with Gasteiger partial charge in [-0.3, -0.25) is 14.5 Å². The summed E-state index contributed by atoms with van der Waals surface area (Å²) in [6.07, 6.45) is 0.729. The zero-order valence-corrected chi connectivity index (χ0v) is 21.7. The number of Topliss-reactive ketones (excluding diaryl/α,β-unsaturated/α-hetero) is 1. The summed E-state index contributed by atoms with van der Waals surface area (Å²) >= 11 is 1.28. The molecule has 2 aliphatic rings. The second kappa shape index (κ2) is 9.18. The average Bonchev–Trinajstić information content (AvgIpc) is 3.60. The third-order valence-corrected chi connectivity index (χ3v) is 7.85. The summed E-state index contributed by atoms with van der Waals surface area (Å²) in [7, 11) is 3.14. The van der Waals surface area contributed by atoms with Gasteiger partial charge in [0.15, 0.2) is 5.13 Å². The topological polar surface area (TPSA) is 98.2 Å². The van der Waals surface area contributed by atoms with Crippen molar-refractivity contribution < 1.29 is 28.9 Å². The number of rotatable bonds is 5. The molecule has 2 atom stereocenters. The van der Waals surface area contributed by atoms with E-state index in [1.54, 1.807) is 62.8 Å². The van der Waals surface area contributed by atoms with Crippen molar-refractivity contribution in [3.05, 3.63) is 82.9 Å². The minimum atomic E-state index is -0.883. The van der Waals surface area contributed by atoms with Gasteiger partial charge in [0.1, 0.15) is 29.1 Å². The van der Waals surface area contributed by atoms with Crippen molar-refractivity contribution >= 4 is 44.1 Å². The summed E-state index contributed by atoms with van der Waals surface area (Å²) < 4.78 is 17.2. The Labute approximate surface area is 222 Å². The average molecular weight is 529 g/mol. The second-order valence-corrected chi connectivity index (χ2v) is 10.2.